The van der Waals surface area contributed by atoms with Crippen LogP contribution in [-0.2, 0) is 6.54 Å². The van der Waals surface area contributed by atoms with Crippen LogP contribution in [0.5, 0.6) is 0 Å². The van der Waals surface area contributed by atoms with E-state index < -0.39 is 0 Å². The minimum Gasteiger partial charge on any atom is -0.378 e. The minimum absolute atomic E-state index is 0.214. The van der Waals surface area contributed by atoms with Gasteiger partial charge in [-0.05, 0) is 29.8 Å². The van der Waals surface area contributed by atoms with E-state index in [-0.39, 0.29) is 5.82 Å². The first-order valence-electron chi connectivity index (χ1n) is 5.77. The molecule has 0 bridgehead atoms. The highest BCUT2D eigenvalue weighted by Crippen LogP contribution is 2.21. The molecule has 94 valence electrons. The highest BCUT2D eigenvalue weighted by atomic mass is 19.1. The summed E-state index contributed by atoms with van der Waals surface area (Å²) in [5.74, 6) is 0.675. The van der Waals surface area contributed by atoms with Gasteiger partial charge in [0.25, 0.3) is 0 Å². The predicted octanol–water partition coefficient (Wildman–Crippen LogP) is 2.90. The molecule has 4 heteroatoms. The van der Waals surface area contributed by atoms with Gasteiger partial charge in [0.05, 0.1) is 5.69 Å². The average Bonchev–Trinajstić information content (AvgIpc) is 2.38. The molecule has 0 radical (unpaired) electrons. The van der Waals surface area contributed by atoms with E-state index in [1.54, 1.807) is 18.3 Å². The first-order valence-corrected chi connectivity index (χ1v) is 5.77. The zero-order chi connectivity index (χ0) is 13.0. The number of halogens is 1. The zero-order valence-electron chi connectivity index (χ0n) is 10.5. The van der Waals surface area contributed by atoms with Gasteiger partial charge in [0.15, 0.2) is 5.82 Å². The standard InChI is InChI=1S/C14H16FN3/c1-18(2)14-13(4-3-9-16-14)17-10-11-5-7-12(15)8-6-11/h3-9,17H,10H2,1-2H3. The fourth-order valence-electron chi connectivity index (χ4n) is 1.69. The molecule has 0 aliphatic rings. The molecular weight excluding hydrogens is 229 g/mol. The van der Waals surface area contributed by atoms with Crippen LogP contribution in [0.25, 0.3) is 0 Å². The Morgan fingerprint density at radius 1 is 1.17 bits per heavy atom. The molecule has 1 N–H and O–H groups in total. The Morgan fingerprint density at radius 2 is 1.89 bits per heavy atom. The van der Waals surface area contributed by atoms with Crippen LogP contribution in [0, 0.1) is 5.82 Å². The van der Waals surface area contributed by atoms with Gasteiger partial charge in [0, 0.05) is 26.8 Å². The quantitative estimate of drug-likeness (QED) is 0.897. The molecule has 0 amide bonds. The maximum atomic E-state index is 12.8. The van der Waals surface area contributed by atoms with Crippen LogP contribution >= 0.6 is 0 Å². The Kier molecular flexibility index (Phi) is 3.77. The Bertz CT molecular complexity index is 509. The van der Waals surface area contributed by atoms with Gasteiger partial charge >= 0.3 is 0 Å². The Morgan fingerprint density at radius 3 is 2.56 bits per heavy atom. The predicted molar refractivity (Wildman–Crippen MR) is 72.3 cm³/mol. The van der Waals surface area contributed by atoms with Crippen LogP contribution in [0.2, 0.25) is 0 Å². The molecule has 2 aromatic rings. The maximum Gasteiger partial charge on any atom is 0.151 e. The van der Waals surface area contributed by atoms with Crippen molar-refractivity contribution in [1.82, 2.24) is 4.98 Å². The van der Waals surface area contributed by atoms with E-state index in [4.69, 9.17) is 0 Å². The van der Waals surface area contributed by atoms with Crippen LogP contribution in [-0.4, -0.2) is 19.1 Å². The zero-order valence-corrected chi connectivity index (χ0v) is 10.5. The first kappa shape index (κ1) is 12.4. The first-order chi connectivity index (χ1) is 8.66. The average molecular weight is 245 g/mol. The lowest BCUT2D eigenvalue weighted by atomic mass is 10.2. The molecule has 0 atom stereocenters. The highest BCUT2D eigenvalue weighted by molar-refractivity contribution is 5.64. The summed E-state index contributed by atoms with van der Waals surface area (Å²) in [6.45, 7) is 0.646. The molecule has 0 aliphatic carbocycles. The van der Waals surface area contributed by atoms with Gasteiger partial charge in [-0.3, -0.25) is 0 Å². The molecular formula is C14H16FN3. The van der Waals surface area contributed by atoms with Crippen molar-refractivity contribution in [3.63, 3.8) is 0 Å². The Hall–Kier alpha value is -2.10. The molecule has 18 heavy (non-hydrogen) atoms. The second-order valence-corrected chi connectivity index (χ2v) is 4.25. The van der Waals surface area contributed by atoms with Gasteiger partial charge in [0.1, 0.15) is 5.82 Å². The minimum atomic E-state index is -0.214. The third-order valence-corrected chi connectivity index (χ3v) is 2.61. The van der Waals surface area contributed by atoms with Crippen LogP contribution in [0.15, 0.2) is 42.6 Å². The lowest BCUT2D eigenvalue weighted by Crippen LogP contribution is -2.13. The van der Waals surface area contributed by atoms with Crippen LogP contribution in [0.4, 0.5) is 15.9 Å². The van der Waals surface area contributed by atoms with Gasteiger partial charge in [-0.2, -0.15) is 0 Å². The fourth-order valence-corrected chi connectivity index (χ4v) is 1.69. The monoisotopic (exact) mass is 245 g/mol. The number of hydrogen-bond donors (Lipinski definition) is 1. The summed E-state index contributed by atoms with van der Waals surface area (Å²) >= 11 is 0. The number of pyridine rings is 1. The number of nitrogens with one attached hydrogen (secondary N) is 1. The lowest BCUT2D eigenvalue weighted by Gasteiger charge is -2.16. The summed E-state index contributed by atoms with van der Waals surface area (Å²) in [6, 6.07) is 10.3. The van der Waals surface area contributed by atoms with Gasteiger partial charge in [-0.1, -0.05) is 12.1 Å². The van der Waals surface area contributed by atoms with E-state index in [0.29, 0.717) is 6.54 Å². The van der Waals surface area contributed by atoms with E-state index in [0.717, 1.165) is 17.1 Å². The van der Waals surface area contributed by atoms with Crippen molar-refractivity contribution in [2.75, 3.05) is 24.3 Å². The molecule has 0 spiro atoms. The molecule has 1 aromatic heterocycles. The van der Waals surface area contributed by atoms with Crippen LogP contribution < -0.4 is 10.2 Å². The lowest BCUT2D eigenvalue weighted by molar-refractivity contribution is 0.627. The largest absolute Gasteiger partial charge is 0.378 e. The van der Waals surface area contributed by atoms with E-state index in [9.17, 15) is 4.39 Å². The number of rotatable bonds is 4. The van der Waals surface area contributed by atoms with Crippen molar-refractivity contribution >= 4 is 11.5 Å². The van der Waals surface area contributed by atoms with Gasteiger partial charge in [-0.15, -0.1) is 0 Å². The molecule has 0 unspecified atom stereocenters. The number of nitrogens with zero attached hydrogens (tertiary/aromatic N) is 2. The second kappa shape index (κ2) is 5.49. The smallest absolute Gasteiger partial charge is 0.151 e. The van der Waals surface area contributed by atoms with Crippen molar-refractivity contribution in [3.05, 3.63) is 54.0 Å². The number of benzene rings is 1. The number of aromatic nitrogens is 1. The summed E-state index contributed by atoms with van der Waals surface area (Å²) in [4.78, 5) is 6.26. The summed E-state index contributed by atoms with van der Waals surface area (Å²) in [5, 5.41) is 3.30. The molecule has 1 heterocycles. The third-order valence-electron chi connectivity index (χ3n) is 2.61. The van der Waals surface area contributed by atoms with Gasteiger partial charge in [-0.25, -0.2) is 9.37 Å². The normalized spacial score (nSPS) is 10.2. The van der Waals surface area contributed by atoms with Crippen molar-refractivity contribution in [2.45, 2.75) is 6.54 Å². The van der Waals surface area contributed by atoms with Crippen molar-refractivity contribution < 1.29 is 4.39 Å². The van der Waals surface area contributed by atoms with Crippen LogP contribution in [0.3, 0.4) is 0 Å². The molecule has 0 aliphatic heterocycles. The Labute approximate surface area is 106 Å². The summed E-state index contributed by atoms with van der Waals surface area (Å²) in [5.41, 5.74) is 2.00. The second-order valence-electron chi connectivity index (χ2n) is 4.25. The topological polar surface area (TPSA) is 28.2 Å². The molecule has 0 fully saturated rings. The number of hydrogen-bond acceptors (Lipinski definition) is 3. The third kappa shape index (κ3) is 2.97. The maximum absolute atomic E-state index is 12.8. The van der Waals surface area contributed by atoms with Gasteiger partial charge in [0.2, 0.25) is 0 Å². The van der Waals surface area contributed by atoms with Crippen molar-refractivity contribution in [2.24, 2.45) is 0 Å². The molecule has 0 saturated carbocycles. The van der Waals surface area contributed by atoms with Crippen LogP contribution in [0.1, 0.15) is 5.56 Å². The SMILES string of the molecule is CN(C)c1ncccc1NCc1ccc(F)cc1. The molecule has 0 saturated heterocycles. The summed E-state index contributed by atoms with van der Waals surface area (Å²) in [7, 11) is 3.90. The molecule has 2 rings (SSSR count). The summed E-state index contributed by atoms with van der Waals surface area (Å²) in [6.07, 6.45) is 1.76. The van der Waals surface area contributed by atoms with Crippen molar-refractivity contribution in [1.29, 1.82) is 0 Å². The van der Waals surface area contributed by atoms with E-state index >= 15 is 0 Å². The Balaban J connectivity index is 2.08. The fraction of sp³-hybridized carbons (Fsp3) is 0.214. The van der Waals surface area contributed by atoms with E-state index in [1.165, 1.54) is 12.1 Å². The van der Waals surface area contributed by atoms with Crippen molar-refractivity contribution in [3.8, 4) is 0 Å². The molecule has 1 aromatic carbocycles. The van der Waals surface area contributed by atoms with Gasteiger partial charge < -0.3 is 10.2 Å². The number of anilines is 2. The molecule has 3 nitrogen and oxygen atoms in total. The summed E-state index contributed by atoms with van der Waals surface area (Å²) < 4.78 is 12.8. The van der Waals surface area contributed by atoms with E-state index in [2.05, 4.69) is 10.3 Å². The van der Waals surface area contributed by atoms with E-state index in [1.807, 2.05) is 31.1 Å². The highest BCUT2D eigenvalue weighted by Gasteiger charge is 2.04.